The molecule has 0 saturated carbocycles. The fourth-order valence-electron chi connectivity index (χ4n) is 3.30. The standard InChI is InChI=1S/C19H25N3/c1-14-12-15(2)19(16(3)13-14)21-17-8-7-9-18(20-17)22-10-5-4-6-11-22/h7-9,12-13H,4-6,10-11H2,1-3H3,(H,20,21). The number of anilines is 3. The maximum Gasteiger partial charge on any atom is 0.132 e. The smallest absolute Gasteiger partial charge is 0.132 e. The molecule has 22 heavy (non-hydrogen) atoms. The van der Waals surface area contributed by atoms with Gasteiger partial charge >= 0.3 is 0 Å². The zero-order valence-electron chi connectivity index (χ0n) is 13.8. The number of nitrogens with zero attached hydrogens (tertiary/aromatic N) is 2. The Morgan fingerprint density at radius 2 is 1.64 bits per heavy atom. The second-order valence-corrected chi connectivity index (χ2v) is 6.33. The van der Waals surface area contributed by atoms with Crippen LogP contribution in [0.4, 0.5) is 17.3 Å². The minimum atomic E-state index is 0.929. The van der Waals surface area contributed by atoms with Gasteiger partial charge < -0.3 is 10.2 Å². The van der Waals surface area contributed by atoms with Crippen molar-refractivity contribution in [1.82, 2.24) is 4.98 Å². The van der Waals surface area contributed by atoms with E-state index in [1.165, 1.54) is 41.6 Å². The third-order valence-electron chi connectivity index (χ3n) is 4.34. The molecule has 0 amide bonds. The summed E-state index contributed by atoms with van der Waals surface area (Å²) in [6, 6.07) is 10.7. The summed E-state index contributed by atoms with van der Waals surface area (Å²) in [7, 11) is 0. The van der Waals surface area contributed by atoms with E-state index in [4.69, 9.17) is 4.98 Å². The summed E-state index contributed by atoms with van der Waals surface area (Å²) in [5, 5.41) is 3.51. The molecule has 1 fully saturated rings. The van der Waals surface area contributed by atoms with Gasteiger partial charge in [-0.1, -0.05) is 23.8 Å². The average Bonchev–Trinajstić information content (AvgIpc) is 2.52. The van der Waals surface area contributed by atoms with Crippen molar-refractivity contribution in [3.8, 4) is 0 Å². The second kappa shape index (κ2) is 6.39. The van der Waals surface area contributed by atoms with Crippen molar-refractivity contribution in [3.63, 3.8) is 0 Å². The highest BCUT2D eigenvalue weighted by Gasteiger charge is 2.12. The Balaban J connectivity index is 1.84. The van der Waals surface area contributed by atoms with E-state index in [0.717, 1.165) is 24.7 Å². The van der Waals surface area contributed by atoms with Crippen LogP contribution in [0.2, 0.25) is 0 Å². The third kappa shape index (κ3) is 3.24. The SMILES string of the molecule is Cc1cc(C)c(Nc2cccc(N3CCCCC3)n2)c(C)c1. The minimum Gasteiger partial charge on any atom is -0.357 e. The first-order valence-electron chi connectivity index (χ1n) is 8.20. The summed E-state index contributed by atoms with van der Waals surface area (Å²) in [5.41, 5.74) is 5.01. The fourth-order valence-corrected chi connectivity index (χ4v) is 3.30. The number of hydrogen-bond acceptors (Lipinski definition) is 3. The molecule has 1 aromatic carbocycles. The topological polar surface area (TPSA) is 28.2 Å². The van der Waals surface area contributed by atoms with Gasteiger partial charge in [0.1, 0.15) is 11.6 Å². The number of aromatic nitrogens is 1. The molecule has 3 nitrogen and oxygen atoms in total. The Bertz CT molecular complexity index is 634. The molecule has 116 valence electrons. The van der Waals surface area contributed by atoms with Crippen molar-refractivity contribution in [2.45, 2.75) is 40.0 Å². The van der Waals surface area contributed by atoms with Crippen LogP contribution in [0.3, 0.4) is 0 Å². The Labute approximate surface area is 133 Å². The molecule has 1 aromatic heterocycles. The van der Waals surface area contributed by atoms with Crippen LogP contribution in [0.5, 0.6) is 0 Å². The molecule has 3 rings (SSSR count). The second-order valence-electron chi connectivity index (χ2n) is 6.33. The van der Waals surface area contributed by atoms with E-state index in [9.17, 15) is 0 Å². The molecule has 1 N–H and O–H groups in total. The molecular formula is C19H25N3. The molecule has 1 aliphatic heterocycles. The third-order valence-corrected chi connectivity index (χ3v) is 4.34. The van der Waals surface area contributed by atoms with Gasteiger partial charge in [0.25, 0.3) is 0 Å². The minimum absolute atomic E-state index is 0.929. The lowest BCUT2D eigenvalue weighted by atomic mass is 10.1. The van der Waals surface area contributed by atoms with E-state index in [-0.39, 0.29) is 0 Å². The van der Waals surface area contributed by atoms with Gasteiger partial charge in [-0.05, 0) is 63.3 Å². The molecule has 0 bridgehead atoms. The van der Waals surface area contributed by atoms with E-state index in [2.05, 4.69) is 55.3 Å². The summed E-state index contributed by atoms with van der Waals surface area (Å²) in [4.78, 5) is 7.20. The molecule has 2 aromatic rings. The zero-order chi connectivity index (χ0) is 15.5. The van der Waals surface area contributed by atoms with Gasteiger partial charge in [0.05, 0.1) is 0 Å². The summed E-state index contributed by atoms with van der Waals surface area (Å²) in [6.07, 6.45) is 3.89. The quantitative estimate of drug-likeness (QED) is 0.886. The number of piperidine rings is 1. The van der Waals surface area contributed by atoms with Crippen molar-refractivity contribution in [2.24, 2.45) is 0 Å². The first-order valence-corrected chi connectivity index (χ1v) is 8.20. The van der Waals surface area contributed by atoms with Gasteiger partial charge in [-0.3, -0.25) is 0 Å². The highest BCUT2D eigenvalue weighted by Crippen LogP contribution is 2.26. The number of pyridine rings is 1. The van der Waals surface area contributed by atoms with Gasteiger partial charge in [-0.25, -0.2) is 4.98 Å². The van der Waals surface area contributed by atoms with Crippen LogP contribution < -0.4 is 10.2 Å². The maximum absolute atomic E-state index is 4.81. The Kier molecular flexibility index (Phi) is 4.32. The lowest BCUT2D eigenvalue weighted by Gasteiger charge is -2.28. The Morgan fingerprint density at radius 1 is 0.955 bits per heavy atom. The normalized spacial score (nSPS) is 15.0. The van der Waals surface area contributed by atoms with Crippen LogP contribution in [-0.4, -0.2) is 18.1 Å². The molecule has 0 spiro atoms. The lowest BCUT2D eigenvalue weighted by Crippen LogP contribution is -2.30. The molecule has 0 aliphatic carbocycles. The van der Waals surface area contributed by atoms with Crippen molar-refractivity contribution in [2.75, 3.05) is 23.3 Å². The number of nitrogens with one attached hydrogen (secondary N) is 1. The molecule has 0 atom stereocenters. The first-order chi connectivity index (χ1) is 10.6. The number of rotatable bonds is 3. The van der Waals surface area contributed by atoms with E-state index >= 15 is 0 Å². The summed E-state index contributed by atoms with van der Waals surface area (Å²) < 4.78 is 0. The van der Waals surface area contributed by atoms with Crippen LogP contribution >= 0.6 is 0 Å². The Hall–Kier alpha value is -2.03. The molecule has 1 aliphatic rings. The molecule has 1 saturated heterocycles. The molecule has 3 heteroatoms. The fraction of sp³-hybridized carbons (Fsp3) is 0.421. The Morgan fingerprint density at radius 3 is 2.32 bits per heavy atom. The molecular weight excluding hydrogens is 270 g/mol. The van der Waals surface area contributed by atoms with Crippen molar-refractivity contribution in [3.05, 3.63) is 47.0 Å². The molecule has 0 unspecified atom stereocenters. The lowest BCUT2D eigenvalue weighted by molar-refractivity contribution is 0.573. The highest BCUT2D eigenvalue weighted by molar-refractivity contribution is 5.66. The van der Waals surface area contributed by atoms with E-state index < -0.39 is 0 Å². The van der Waals surface area contributed by atoms with Crippen LogP contribution in [0.25, 0.3) is 0 Å². The summed E-state index contributed by atoms with van der Waals surface area (Å²) in [6.45, 7) is 8.69. The van der Waals surface area contributed by atoms with Gasteiger partial charge in [0, 0.05) is 18.8 Å². The van der Waals surface area contributed by atoms with Gasteiger partial charge in [0.15, 0.2) is 0 Å². The highest BCUT2D eigenvalue weighted by atomic mass is 15.2. The predicted molar refractivity (Wildman–Crippen MR) is 94.2 cm³/mol. The van der Waals surface area contributed by atoms with Crippen LogP contribution in [0.1, 0.15) is 36.0 Å². The first kappa shape index (κ1) is 14.9. The number of benzene rings is 1. The van der Waals surface area contributed by atoms with Crippen molar-refractivity contribution < 1.29 is 0 Å². The molecule has 2 heterocycles. The monoisotopic (exact) mass is 295 g/mol. The van der Waals surface area contributed by atoms with E-state index in [1.54, 1.807) is 0 Å². The van der Waals surface area contributed by atoms with Crippen molar-refractivity contribution in [1.29, 1.82) is 0 Å². The number of hydrogen-bond donors (Lipinski definition) is 1. The van der Waals surface area contributed by atoms with Crippen LogP contribution in [0.15, 0.2) is 30.3 Å². The number of aryl methyl sites for hydroxylation is 3. The predicted octanol–water partition coefficient (Wildman–Crippen LogP) is 4.74. The van der Waals surface area contributed by atoms with Crippen molar-refractivity contribution >= 4 is 17.3 Å². The largest absolute Gasteiger partial charge is 0.357 e. The van der Waals surface area contributed by atoms with E-state index in [0.29, 0.717) is 0 Å². The maximum atomic E-state index is 4.81. The summed E-state index contributed by atoms with van der Waals surface area (Å²) in [5.74, 6) is 2.02. The van der Waals surface area contributed by atoms with Crippen LogP contribution in [-0.2, 0) is 0 Å². The summed E-state index contributed by atoms with van der Waals surface area (Å²) >= 11 is 0. The van der Waals surface area contributed by atoms with Gasteiger partial charge in [0.2, 0.25) is 0 Å². The average molecular weight is 295 g/mol. The van der Waals surface area contributed by atoms with Gasteiger partial charge in [-0.2, -0.15) is 0 Å². The molecule has 0 radical (unpaired) electrons. The zero-order valence-corrected chi connectivity index (χ0v) is 13.8. The van der Waals surface area contributed by atoms with Crippen LogP contribution in [0, 0.1) is 20.8 Å². The van der Waals surface area contributed by atoms with Gasteiger partial charge in [-0.15, -0.1) is 0 Å². The van der Waals surface area contributed by atoms with E-state index in [1.807, 2.05) is 6.07 Å².